The molecule has 40 heavy (non-hydrogen) atoms. The Kier molecular flexibility index (Phi) is 9.05. The number of pyridine rings is 2. The number of hydrogen-bond donors (Lipinski definition) is 2. The van der Waals surface area contributed by atoms with Crippen molar-refractivity contribution in [3.63, 3.8) is 0 Å². The van der Waals surface area contributed by atoms with E-state index in [1.165, 1.54) is 0 Å². The van der Waals surface area contributed by atoms with E-state index in [4.69, 9.17) is 43.4 Å². The number of carbonyl (C=O) groups is 2. The van der Waals surface area contributed by atoms with Crippen LogP contribution in [0.3, 0.4) is 0 Å². The molecule has 3 aromatic rings. The van der Waals surface area contributed by atoms with Crippen LogP contribution >= 0.6 is 23.2 Å². The van der Waals surface area contributed by atoms with Crippen molar-refractivity contribution >= 4 is 40.9 Å². The molecule has 2 aromatic heterocycles. The first-order valence-corrected chi connectivity index (χ1v) is 13.7. The summed E-state index contributed by atoms with van der Waals surface area (Å²) in [5.74, 6) is 0.402. The Balaban J connectivity index is 1.57. The van der Waals surface area contributed by atoms with E-state index < -0.39 is 11.7 Å². The predicted molar refractivity (Wildman–Crippen MR) is 157 cm³/mol. The van der Waals surface area contributed by atoms with Crippen LogP contribution in [0, 0.1) is 0 Å². The molecule has 3 heterocycles. The summed E-state index contributed by atoms with van der Waals surface area (Å²) in [5, 5.41) is 3.68. The number of carbonyl (C=O) groups excluding carboxylic acids is 2. The number of aromatic nitrogens is 2. The van der Waals surface area contributed by atoms with Gasteiger partial charge in [-0.2, -0.15) is 0 Å². The van der Waals surface area contributed by atoms with Crippen molar-refractivity contribution in [3.8, 4) is 28.4 Å². The number of nitrogens with zero attached hydrogens (tertiary/aromatic N) is 3. The number of anilines is 1. The lowest BCUT2D eigenvalue weighted by atomic mass is 10.0. The number of nitrogen functional groups attached to an aromatic ring is 1. The molecule has 11 heteroatoms. The molecule has 4 rings (SSSR count). The van der Waals surface area contributed by atoms with Gasteiger partial charge in [-0.3, -0.25) is 9.78 Å². The van der Waals surface area contributed by atoms with Crippen molar-refractivity contribution < 1.29 is 19.1 Å². The molecule has 1 atom stereocenters. The van der Waals surface area contributed by atoms with Gasteiger partial charge in [-0.05, 0) is 51.8 Å². The minimum Gasteiger partial charge on any atom is -0.481 e. The van der Waals surface area contributed by atoms with E-state index in [0.717, 1.165) is 5.56 Å². The maximum absolute atomic E-state index is 13.0. The summed E-state index contributed by atoms with van der Waals surface area (Å²) in [6.45, 7) is 6.18. The van der Waals surface area contributed by atoms with Crippen LogP contribution in [0.5, 0.6) is 5.88 Å². The number of rotatable bonds is 8. The summed E-state index contributed by atoms with van der Waals surface area (Å²) in [7, 11) is 1.54. The van der Waals surface area contributed by atoms with Crippen LogP contribution in [0.2, 0.25) is 10.0 Å². The zero-order valence-corrected chi connectivity index (χ0v) is 24.5. The van der Waals surface area contributed by atoms with Gasteiger partial charge in [-0.25, -0.2) is 9.78 Å². The van der Waals surface area contributed by atoms with Crippen molar-refractivity contribution in [2.75, 3.05) is 25.9 Å². The highest BCUT2D eigenvalue weighted by Gasteiger charge is 2.28. The molecule has 3 N–H and O–H groups in total. The molecule has 1 aliphatic rings. The summed E-state index contributed by atoms with van der Waals surface area (Å²) in [4.78, 5) is 35.4. The molecule has 1 aromatic carbocycles. The molecule has 0 unspecified atom stereocenters. The van der Waals surface area contributed by atoms with E-state index in [1.807, 2.05) is 32.9 Å². The summed E-state index contributed by atoms with van der Waals surface area (Å²) in [6, 6.07) is 10.7. The standard InChI is InChI=1S/C29H33Cl2N5O4/c1-29(2,3)40-28(38)36(16-18-9-11-23(37)34-18)15-13-17-8-10-22(35-27(17)39-4)19-12-14-33-26(25(19)31)20-6-5-7-21(32)24(20)30/h5-8,10,12,14,18H,9,11,13,15-16,32H2,1-4H3,(H,34,37)/t18-/m0/s1. The number of amides is 2. The first-order chi connectivity index (χ1) is 19.0. The van der Waals surface area contributed by atoms with Gasteiger partial charge in [0, 0.05) is 48.4 Å². The van der Waals surface area contributed by atoms with Gasteiger partial charge in [0.05, 0.1) is 34.2 Å². The number of benzene rings is 1. The number of nitrogens with one attached hydrogen (secondary N) is 1. The second-order valence-electron chi connectivity index (χ2n) is 10.6. The average molecular weight is 587 g/mol. The van der Waals surface area contributed by atoms with Crippen LogP contribution in [0.1, 0.15) is 39.2 Å². The molecular formula is C29H33Cl2N5O4. The summed E-state index contributed by atoms with van der Waals surface area (Å²) in [5.41, 5.74) is 8.93. The van der Waals surface area contributed by atoms with E-state index in [-0.39, 0.29) is 11.9 Å². The molecule has 2 amide bonds. The monoisotopic (exact) mass is 585 g/mol. The minimum atomic E-state index is -0.645. The van der Waals surface area contributed by atoms with Crippen LogP contribution in [0.25, 0.3) is 22.5 Å². The van der Waals surface area contributed by atoms with Gasteiger partial charge in [-0.15, -0.1) is 0 Å². The van der Waals surface area contributed by atoms with Crippen molar-refractivity contribution in [1.82, 2.24) is 20.2 Å². The van der Waals surface area contributed by atoms with Gasteiger partial charge in [0.25, 0.3) is 0 Å². The van der Waals surface area contributed by atoms with Gasteiger partial charge in [0.2, 0.25) is 11.8 Å². The fraction of sp³-hybridized carbons (Fsp3) is 0.379. The number of nitrogens with two attached hydrogens (primary N) is 1. The van der Waals surface area contributed by atoms with Gasteiger partial charge < -0.3 is 25.4 Å². The summed E-state index contributed by atoms with van der Waals surface area (Å²) >= 11 is 13.2. The fourth-order valence-electron chi connectivity index (χ4n) is 4.47. The first kappa shape index (κ1) is 29.4. The summed E-state index contributed by atoms with van der Waals surface area (Å²) in [6.07, 6.45) is 2.79. The molecule has 0 saturated carbocycles. The lowest BCUT2D eigenvalue weighted by Gasteiger charge is -2.29. The third kappa shape index (κ3) is 6.95. The Bertz CT molecular complexity index is 1410. The zero-order chi connectivity index (χ0) is 29.0. The molecule has 1 aliphatic heterocycles. The maximum atomic E-state index is 13.0. The van der Waals surface area contributed by atoms with Crippen LogP contribution in [-0.4, -0.2) is 58.7 Å². The molecule has 0 spiro atoms. The fourth-order valence-corrected chi connectivity index (χ4v) is 4.99. The molecular weight excluding hydrogens is 553 g/mol. The van der Waals surface area contributed by atoms with Crippen LogP contribution in [0.15, 0.2) is 42.6 Å². The van der Waals surface area contributed by atoms with Gasteiger partial charge in [-0.1, -0.05) is 41.4 Å². The Hall–Kier alpha value is -3.56. The average Bonchev–Trinajstić information content (AvgIpc) is 3.32. The third-order valence-electron chi connectivity index (χ3n) is 6.41. The number of hydrogen-bond acceptors (Lipinski definition) is 7. The lowest BCUT2D eigenvalue weighted by Crippen LogP contribution is -2.45. The van der Waals surface area contributed by atoms with Crippen molar-refractivity contribution in [3.05, 3.63) is 58.2 Å². The van der Waals surface area contributed by atoms with E-state index in [2.05, 4.69) is 10.3 Å². The van der Waals surface area contributed by atoms with Gasteiger partial charge >= 0.3 is 6.09 Å². The lowest BCUT2D eigenvalue weighted by molar-refractivity contribution is -0.119. The van der Waals surface area contributed by atoms with Crippen molar-refractivity contribution in [2.45, 2.75) is 51.7 Å². The molecule has 212 valence electrons. The minimum absolute atomic E-state index is 0.00784. The normalized spacial score (nSPS) is 15.1. The highest BCUT2D eigenvalue weighted by Crippen LogP contribution is 2.39. The van der Waals surface area contributed by atoms with E-state index in [0.29, 0.717) is 76.5 Å². The highest BCUT2D eigenvalue weighted by atomic mass is 35.5. The Morgan fingerprint density at radius 2 is 1.93 bits per heavy atom. The topological polar surface area (TPSA) is 120 Å². The predicted octanol–water partition coefficient (Wildman–Crippen LogP) is 5.77. The number of halogens is 2. The highest BCUT2D eigenvalue weighted by molar-refractivity contribution is 6.38. The quantitative estimate of drug-likeness (QED) is 0.322. The second-order valence-corrected chi connectivity index (χ2v) is 11.3. The smallest absolute Gasteiger partial charge is 0.410 e. The van der Waals surface area contributed by atoms with Crippen molar-refractivity contribution in [1.29, 1.82) is 0 Å². The SMILES string of the molecule is COc1nc(-c2ccnc(-c3cccc(N)c3Cl)c2Cl)ccc1CCN(C[C@@H]1CCC(=O)N1)C(=O)OC(C)(C)C. The van der Waals surface area contributed by atoms with Crippen LogP contribution in [-0.2, 0) is 16.0 Å². The van der Waals surface area contributed by atoms with E-state index in [1.54, 1.807) is 42.5 Å². The molecule has 1 fully saturated rings. The van der Waals surface area contributed by atoms with Crippen molar-refractivity contribution in [2.24, 2.45) is 0 Å². The molecule has 0 bridgehead atoms. The first-order valence-electron chi connectivity index (χ1n) is 13.0. The molecule has 0 aliphatic carbocycles. The Morgan fingerprint density at radius 3 is 2.60 bits per heavy atom. The number of methoxy groups -OCH3 is 1. The van der Waals surface area contributed by atoms with Gasteiger partial charge in [0.15, 0.2) is 0 Å². The third-order valence-corrected chi connectivity index (χ3v) is 7.21. The van der Waals surface area contributed by atoms with Crippen LogP contribution < -0.4 is 15.8 Å². The van der Waals surface area contributed by atoms with E-state index in [9.17, 15) is 9.59 Å². The number of ether oxygens (including phenoxy) is 2. The zero-order valence-electron chi connectivity index (χ0n) is 23.0. The molecule has 0 radical (unpaired) electrons. The largest absolute Gasteiger partial charge is 0.481 e. The molecule has 1 saturated heterocycles. The second kappa shape index (κ2) is 12.3. The van der Waals surface area contributed by atoms with E-state index >= 15 is 0 Å². The maximum Gasteiger partial charge on any atom is 0.410 e. The summed E-state index contributed by atoms with van der Waals surface area (Å²) < 4.78 is 11.2. The Morgan fingerprint density at radius 1 is 1.15 bits per heavy atom. The Labute approximate surface area is 244 Å². The van der Waals surface area contributed by atoms with Gasteiger partial charge in [0.1, 0.15) is 5.60 Å². The van der Waals surface area contributed by atoms with Crippen LogP contribution in [0.4, 0.5) is 10.5 Å². The molecule has 9 nitrogen and oxygen atoms in total.